The molecule has 3 aromatic carbocycles. The van der Waals surface area contributed by atoms with Crippen LogP contribution in [0.2, 0.25) is 5.02 Å². The number of aromatic nitrogens is 3. The first kappa shape index (κ1) is 20.3. The maximum Gasteiger partial charge on any atom is 0.295 e. The predicted molar refractivity (Wildman–Crippen MR) is 123 cm³/mol. The largest absolute Gasteiger partial charge is 0.319 e. The summed E-state index contributed by atoms with van der Waals surface area (Å²) in [5.41, 5.74) is 4.24. The van der Waals surface area contributed by atoms with E-state index in [1.165, 1.54) is 0 Å². The lowest BCUT2D eigenvalue weighted by Gasteiger charge is -2.09. The molecule has 0 fully saturated rings. The fourth-order valence-electron chi connectivity index (χ4n) is 3.11. The molecule has 1 amide bonds. The molecule has 0 aliphatic carbocycles. The lowest BCUT2D eigenvalue weighted by molar-refractivity contribution is 0.101. The van der Waals surface area contributed by atoms with Gasteiger partial charge in [0.05, 0.1) is 5.69 Å². The van der Waals surface area contributed by atoms with E-state index in [1.807, 2.05) is 80.6 Å². The van der Waals surface area contributed by atoms with E-state index in [2.05, 4.69) is 31.3 Å². The summed E-state index contributed by atoms with van der Waals surface area (Å²) >= 11 is 9.66. The summed E-state index contributed by atoms with van der Waals surface area (Å²) in [6.45, 7) is 3.89. The molecule has 30 heavy (non-hydrogen) atoms. The van der Waals surface area contributed by atoms with Crippen LogP contribution in [0, 0.1) is 13.8 Å². The summed E-state index contributed by atoms with van der Waals surface area (Å²) in [6, 6.07) is 20.8. The number of hydrogen-bond acceptors (Lipinski definition) is 3. The number of anilines is 1. The summed E-state index contributed by atoms with van der Waals surface area (Å²) in [5.74, 6) is 0.269. The molecule has 0 saturated heterocycles. The molecule has 4 aromatic rings. The Balaban J connectivity index is 1.79. The molecule has 150 valence electrons. The van der Waals surface area contributed by atoms with Crippen LogP contribution >= 0.6 is 27.5 Å². The zero-order valence-electron chi connectivity index (χ0n) is 16.4. The van der Waals surface area contributed by atoms with Crippen molar-refractivity contribution in [1.82, 2.24) is 14.8 Å². The van der Waals surface area contributed by atoms with Gasteiger partial charge in [0.2, 0.25) is 5.82 Å². The van der Waals surface area contributed by atoms with Crippen LogP contribution in [0.5, 0.6) is 0 Å². The Labute approximate surface area is 187 Å². The third-order valence-electron chi connectivity index (χ3n) is 4.68. The van der Waals surface area contributed by atoms with Crippen LogP contribution in [0.15, 0.2) is 71.2 Å². The smallest absolute Gasteiger partial charge is 0.295 e. The maximum absolute atomic E-state index is 12.9. The first-order valence-electron chi connectivity index (χ1n) is 9.29. The zero-order valence-corrected chi connectivity index (χ0v) is 18.7. The molecule has 1 aromatic heterocycles. The number of amides is 1. The van der Waals surface area contributed by atoms with E-state index in [-0.39, 0.29) is 11.7 Å². The zero-order chi connectivity index (χ0) is 21.3. The van der Waals surface area contributed by atoms with Crippen molar-refractivity contribution in [2.24, 2.45) is 0 Å². The SMILES string of the molecule is Cc1cc(Br)ccc1NC(=O)c1nc(-c2ccccc2)n(-c2cc(Cl)ccc2C)n1. The Morgan fingerprint density at radius 3 is 2.50 bits per heavy atom. The van der Waals surface area contributed by atoms with Crippen molar-refractivity contribution in [2.75, 3.05) is 5.32 Å². The van der Waals surface area contributed by atoms with Gasteiger partial charge in [0.1, 0.15) is 0 Å². The van der Waals surface area contributed by atoms with Gasteiger partial charge >= 0.3 is 0 Å². The molecular weight excluding hydrogens is 464 g/mol. The van der Waals surface area contributed by atoms with E-state index in [1.54, 1.807) is 4.68 Å². The summed E-state index contributed by atoms with van der Waals surface area (Å²) in [7, 11) is 0. The number of nitrogens with one attached hydrogen (secondary N) is 1. The summed E-state index contributed by atoms with van der Waals surface area (Å²) in [6.07, 6.45) is 0. The van der Waals surface area contributed by atoms with Crippen LogP contribution in [-0.4, -0.2) is 20.7 Å². The minimum atomic E-state index is -0.379. The van der Waals surface area contributed by atoms with E-state index in [9.17, 15) is 4.79 Å². The second-order valence-corrected chi connectivity index (χ2v) is 8.23. The Bertz CT molecular complexity index is 1240. The van der Waals surface area contributed by atoms with Crippen LogP contribution in [0.4, 0.5) is 5.69 Å². The molecule has 1 heterocycles. The molecule has 0 radical (unpaired) electrons. The van der Waals surface area contributed by atoms with Crippen LogP contribution in [0.3, 0.4) is 0 Å². The van der Waals surface area contributed by atoms with Crippen molar-refractivity contribution >= 4 is 39.1 Å². The van der Waals surface area contributed by atoms with Crippen molar-refractivity contribution in [3.05, 3.63) is 93.2 Å². The number of rotatable bonds is 4. The summed E-state index contributed by atoms with van der Waals surface area (Å²) < 4.78 is 2.61. The number of carbonyl (C=O) groups is 1. The fraction of sp³-hybridized carbons (Fsp3) is 0.0870. The first-order chi connectivity index (χ1) is 14.4. The van der Waals surface area contributed by atoms with E-state index in [0.29, 0.717) is 16.5 Å². The number of carbonyl (C=O) groups excluding carboxylic acids is 1. The van der Waals surface area contributed by atoms with Gasteiger partial charge in [0.15, 0.2) is 5.82 Å². The van der Waals surface area contributed by atoms with Crippen molar-refractivity contribution in [3.8, 4) is 17.1 Å². The second kappa shape index (κ2) is 8.42. The Morgan fingerprint density at radius 1 is 1.00 bits per heavy atom. The summed E-state index contributed by atoms with van der Waals surface area (Å²) in [5, 5.41) is 8.01. The maximum atomic E-state index is 12.9. The standard InChI is InChI=1S/C23H18BrClN4O/c1-14-8-10-18(25)13-20(14)29-22(16-6-4-3-5-7-16)27-21(28-29)23(30)26-19-11-9-17(24)12-15(19)2/h3-13H,1-2H3,(H,26,30). The van der Waals surface area contributed by atoms with Gasteiger partial charge in [-0.25, -0.2) is 9.67 Å². The van der Waals surface area contributed by atoms with Gasteiger partial charge in [-0.1, -0.05) is 63.9 Å². The molecule has 0 saturated carbocycles. The van der Waals surface area contributed by atoms with Crippen molar-refractivity contribution in [2.45, 2.75) is 13.8 Å². The minimum Gasteiger partial charge on any atom is -0.319 e. The van der Waals surface area contributed by atoms with Crippen molar-refractivity contribution in [3.63, 3.8) is 0 Å². The topological polar surface area (TPSA) is 59.8 Å². The predicted octanol–water partition coefficient (Wildman–Crippen LogP) is 6.22. The minimum absolute atomic E-state index is 0.0792. The molecule has 0 aliphatic rings. The third-order valence-corrected chi connectivity index (χ3v) is 5.41. The molecule has 0 atom stereocenters. The van der Waals surface area contributed by atoms with Crippen LogP contribution in [0.25, 0.3) is 17.1 Å². The van der Waals surface area contributed by atoms with Crippen LogP contribution in [-0.2, 0) is 0 Å². The molecule has 7 heteroatoms. The molecule has 1 N–H and O–H groups in total. The van der Waals surface area contributed by atoms with Gasteiger partial charge in [-0.3, -0.25) is 4.79 Å². The highest BCUT2D eigenvalue weighted by Gasteiger charge is 2.20. The number of nitrogens with zero attached hydrogens (tertiary/aromatic N) is 3. The lowest BCUT2D eigenvalue weighted by atomic mass is 10.2. The molecule has 5 nitrogen and oxygen atoms in total. The Hall–Kier alpha value is -2.96. The van der Waals surface area contributed by atoms with Crippen molar-refractivity contribution < 1.29 is 4.79 Å². The van der Waals surface area contributed by atoms with E-state index in [4.69, 9.17) is 11.6 Å². The van der Waals surface area contributed by atoms with Gasteiger partial charge in [-0.2, -0.15) is 0 Å². The monoisotopic (exact) mass is 480 g/mol. The Morgan fingerprint density at radius 2 is 1.77 bits per heavy atom. The number of aryl methyl sites for hydroxylation is 2. The Kier molecular flexibility index (Phi) is 5.70. The second-order valence-electron chi connectivity index (χ2n) is 6.88. The number of halogens is 2. The molecule has 0 spiro atoms. The molecule has 0 unspecified atom stereocenters. The van der Waals surface area contributed by atoms with Gasteiger partial charge in [-0.05, 0) is 55.3 Å². The molecule has 0 bridgehead atoms. The van der Waals surface area contributed by atoms with E-state index in [0.717, 1.165) is 26.9 Å². The molecule has 0 aliphatic heterocycles. The highest BCUT2D eigenvalue weighted by molar-refractivity contribution is 9.10. The fourth-order valence-corrected chi connectivity index (χ4v) is 3.75. The van der Waals surface area contributed by atoms with Crippen molar-refractivity contribution in [1.29, 1.82) is 0 Å². The highest BCUT2D eigenvalue weighted by atomic mass is 79.9. The van der Waals surface area contributed by atoms with E-state index < -0.39 is 0 Å². The number of hydrogen-bond donors (Lipinski definition) is 1. The van der Waals surface area contributed by atoms with Crippen LogP contribution < -0.4 is 5.32 Å². The van der Waals surface area contributed by atoms with Gasteiger partial charge in [-0.15, -0.1) is 5.10 Å². The quantitative estimate of drug-likeness (QED) is 0.376. The van der Waals surface area contributed by atoms with Crippen LogP contribution in [0.1, 0.15) is 21.7 Å². The van der Waals surface area contributed by atoms with E-state index >= 15 is 0 Å². The first-order valence-corrected chi connectivity index (χ1v) is 10.5. The lowest BCUT2D eigenvalue weighted by Crippen LogP contribution is -2.15. The third kappa shape index (κ3) is 4.15. The van der Waals surface area contributed by atoms with Gasteiger partial charge in [0.25, 0.3) is 5.91 Å². The average molecular weight is 482 g/mol. The van der Waals surface area contributed by atoms with Gasteiger partial charge < -0.3 is 5.32 Å². The highest BCUT2D eigenvalue weighted by Crippen LogP contribution is 2.26. The molecular formula is C23H18BrClN4O. The van der Waals surface area contributed by atoms with Gasteiger partial charge in [0, 0.05) is 20.7 Å². The summed E-state index contributed by atoms with van der Waals surface area (Å²) in [4.78, 5) is 17.5. The average Bonchev–Trinajstić information content (AvgIpc) is 3.18. The molecule has 4 rings (SSSR count). The number of benzene rings is 3. The normalized spacial score (nSPS) is 10.8.